The molecule has 4 nitrogen and oxygen atoms in total. The third-order valence-corrected chi connectivity index (χ3v) is 3.65. The molecule has 0 amide bonds. The number of benzene rings is 1. The van der Waals surface area contributed by atoms with E-state index in [4.69, 9.17) is 27.9 Å². The molecule has 1 atom stereocenters. The molecule has 1 fully saturated rings. The quantitative estimate of drug-likeness (QED) is 0.926. The summed E-state index contributed by atoms with van der Waals surface area (Å²) in [4.78, 5) is 4.20. The first-order valence-corrected chi connectivity index (χ1v) is 6.81. The fourth-order valence-corrected chi connectivity index (χ4v) is 2.55. The van der Waals surface area contributed by atoms with Crippen LogP contribution in [0.3, 0.4) is 0 Å². The van der Waals surface area contributed by atoms with E-state index in [-0.39, 0.29) is 6.10 Å². The summed E-state index contributed by atoms with van der Waals surface area (Å²) in [7, 11) is 0. The summed E-state index contributed by atoms with van der Waals surface area (Å²) < 4.78 is 7.68. The average molecular weight is 298 g/mol. The Morgan fingerprint density at radius 1 is 1.37 bits per heavy atom. The first kappa shape index (κ1) is 12.9. The lowest BCUT2D eigenvalue weighted by molar-refractivity contribution is 0.0240. The summed E-state index contributed by atoms with van der Waals surface area (Å²) in [6.45, 7) is 2.34. The third-order valence-electron chi connectivity index (χ3n) is 3.09. The van der Waals surface area contributed by atoms with Gasteiger partial charge in [0.2, 0.25) is 0 Å². The highest BCUT2D eigenvalue weighted by Gasteiger charge is 2.21. The number of rotatable bonds is 2. The predicted molar refractivity (Wildman–Crippen MR) is 75.1 cm³/mol. The molecule has 0 radical (unpaired) electrons. The minimum Gasteiger partial charge on any atom is -0.369 e. The SMILES string of the molecule is Clc1ccc(Cl)c(-n2cncc2C2CNCCO2)c1. The number of imidazole rings is 1. The molecule has 1 N–H and O–H groups in total. The zero-order valence-electron chi connectivity index (χ0n) is 10.1. The first-order valence-electron chi connectivity index (χ1n) is 6.05. The Labute approximate surface area is 121 Å². The van der Waals surface area contributed by atoms with Gasteiger partial charge in [-0.05, 0) is 18.2 Å². The molecule has 1 aromatic carbocycles. The zero-order chi connectivity index (χ0) is 13.2. The molecule has 0 spiro atoms. The van der Waals surface area contributed by atoms with Gasteiger partial charge in [0.25, 0.3) is 0 Å². The lowest BCUT2D eigenvalue weighted by Gasteiger charge is -2.24. The van der Waals surface area contributed by atoms with Crippen molar-refractivity contribution < 1.29 is 4.74 Å². The molecule has 2 heterocycles. The van der Waals surface area contributed by atoms with Gasteiger partial charge in [0.1, 0.15) is 6.10 Å². The highest BCUT2D eigenvalue weighted by atomic mass is 35.5. The standard InChI is InChI=1S/C13H13Cl2N3O/c14-9-1-2-10(15)11(5-9)18-8-17-6-12(18)13-7-16-3-4-19-13/h1-2,5-6,8,13,16H,3-4,7H2. The monoisotopic (exact) mass is 297 g/mol. The van der Waals surface area contributed by atoms with Crippen molar-refractivity contribution in [2.24, 2.45) is 0 Å². The minimum absolute atomic E-state index is 0.0219. The minimum atomic E-state index is -0.0219. The van der Waals surface area contributed by atoms with E-state index in [1.165, 1.54) is 0 Å². The molecular weight excluding hydrogens is 285 g/mol. The van der Waals surface area contributed by atoms with Crippen LogP contribution in [0.1, 0.15) is 11.8 Å². The van der Waals surface area contributed by atoms with Crippen molar-refractivity contribution in [2.75, 3.05) is 19.7 Å². The largest absolute Gasteiger partial charge is 0.369 e. The first-order chi connectivity index (χ1) is 9.25. The lowest BCUT2D eigenvalue weighted by atomic mass is 10.2. The van der Waals surface area contributed by atoms with Crippen molar-refractivity contribution in [3.8, 4) is 5.69 Å². The molecule has 0 saturated carbocycles. The number of nitrogens with one attached hydrogen (secondary N) is 1. The Kier molecular flexibility index (Phi) is 3.75. The van der Waals surface area contributed by atoms with E-state index in [2.05, 4.69) is 10.3 Å². The van der Waals surface area contributed by atoms with Gasteiger partial charge in [0.05, 0.1) is 35.5 Å². The molecule has 1 aliphatic rings. The second-order valence-electron chi connectivity index (χ2n) is 4.35. The van der Waals surface area contributed by atoms with Crippen LogP contribution in [0.25, 0.3) is 5.69 Å². The van der Waals surface area contributed by atoms with E-state index in [9.17, 15) is 0 Å². The Morgan fingerprint density at radius 3 is 3.05 bits per heavy atom. The number of hydrogen-bond acceptors (Lipinski definition) is 3. The van der Waals surface area contributed by atoms with E-state index in [1.54, 1.807) is 24.7 Å². The molecule has 1 aliphatic heterocycles. The summed E-state index contributed by atoms with van der Waals surface area (Å²) in [6, 6.07) is 5.37. The maximum atomic E-state index is 6.23. The summed E-state index contributed by atoms with van der Waals surface area (Å²) in [6.07, 6.45) is 3.51. The zero-order valence-corrected chi connectivity index (χ0v) is 11.7. The van der Waals surface area contributed by atoms with Gasteiger partial charge in [-0.1, -0.05) is 23.2 Å². The Morgan fingerprint density at radius 2 is 2.26 bits per heavy atom. The summed E-state index contributed by atoms with van der Waals surface area (Å²) in [5, 5.41) is 4.57. The topological polar surface area (TPSA) is 39.1 Å². The van der Waals surface area contributed by atoms with Crippen molar-refractivity contribution in [2.45, 2.75) is 6.10 Å². The van der Waals surface area contributed by atoms with Crippen LogP contribution in [0.2, 0.25) is 10.0 Å². The third kappa shape index (κ3) is 2.62. The van der Waals surface area contributed by atoms with Gasteiger partial charge >= 0.3 is 0 Å². The van der Waals surface area contributed by atoms with Gasteiger partial charge in [-0.2, -0.15) is 0 Å². The highest BCUT2D eigenvalue weighted by Crippen LogP contribution is 2.28. The van der Waals surface area contributed by atoms with E-state index in [1.807, 2.05) is 10.6 Å². The normalized spacial score (nSPS) is 19.6. The Bertz CT molecular complexity index is 579. The molecule has 3 rings (SSSR count). The lowest BCUT2D eigenvalue weighted by Crippen LogP contribution is -2.34. The summed E-state index contributed by atoms with van der Waals surface area (Å²) in [5.41, 5.74) is 1.78. The van der Waals surface area contributed by atoms with E-state index in [0.29, 0.717) is 16.7 Å². The molecule has 2 aromatic rings. The predicted octanol–water partition coefficient (Wildman–Crippen LogP) is 2.84. The molecule has 1 unspecified atom stereocenters. The van der Waals surface area contributed by atoms with Crippen LogP contribution in [0.15, 0.2) is 30.7 Å². The summed E-state index contributed by atoms with van der Waals surface area (Å²) in [5.74, 6) is 0. The van der Waals surface area contributed by atoms with E-state index in [0.717, 1.165) is 24.5 Å². The molecule has 0 aliphatic carbocycles. The molecule has 1 saturated heterocycles. The van der Waals surface area contributed by atoms with E-state index < -0.39 is 0 Å². The fourth-order valence-electron chi connectivity index (χ4n) is 2.17. The van der Waals surface area contributed by atoms with Crippen LogP contribution in [0, 0.1) is 0 Å². The maximum absolute atomic E-state index is 6.23. The van der Waals surface area contributed by atoms with Crippen molar-refractivity contribution in [1.29, 1.82) is 0 Å². The number of aromatic nitrogens is 2. The van der Waals surface area contributed by atoms with Gasteiger partial charge in [-0.3, -0.25) is 4.57 Å². The smallest absolute Gasteiger partial charge is 0.112 e. The van der Waals surface area contributed by atoms with Gasteiger partial charge in [-0.25, -0.2) is 4.98 Å². The molecule has 6 heteroatoms. The van der Waals surface area contributed by atoms with Crippen molar-refractivity contribution in [3.63, 3.8) is 0 Å². The number of ether oxygens (including phenoxy) is 1. The van der Waals surface area contributed by atoms with Crippen molar-refractivity contribution in [3.05, 3.63) is 46.5 Å². The van der Waals surface area contributed by atoms with Crippen LogP contribution in [0.5, 0.6) is 0 Å². The molecular formula is C13H13Cl2N3O. The van der Waals surface area contributed by atoms with Crippen LogP contribution < -0.4 is 5.32 Å². The van der Waals surface area contributed by atoms with Gasteiger partial charge < -0.3 is 10.1 Å². The fraction of sp³-hybridized carbons (Fsp3) is 0.308. The number of hydrogen-bond donors (Lipinski definition) is 1. The number of morpholine rings is 1. The average Bonchev–Trinajstić information content (AvgIpc) is 2.91. The van der Waals surface area contributed by atoms with Crippen LogP contribution in [-0.4, -0.2) is 29.2 Å². The number of nitrogens with zero attached hydrogens (tertiary/aromatic N) is 2. The van der Waals surface area contributed by atoms with Crippen molar-refractivity contribution >= 4 is 23.2 Å². The maximum Gasteiger partial charge on any atom is 0.112 e. The second-order valence-corrected chi connectivity index (χ2v) is 5.19. The van der Waals surface area contributed by atoms with Crippen LogP contribution in [0.4, 0.5) is 0 Å². The molecule has 100 valence electrons. The van der Waals surface area contributed by atoms with Gasteiger partial charge in [-0.15, -0.1) is 0 Å². The molecule has 0 bridgehead atoms. The Balaban J connectivity index is 2.01. The summed E-state index contributed by atoms with van der Waals surface area (Å²) >= 11 is 12.3. The molecule has 19 heavy (non-hydrogen) atoms. The van der Waals surface area contributed by atoms with Crippen LogP contribution in [-0.2, 0) is 4.74 Å². The van der Waals surface area contributed by atoms with Crippen LogP contribution >= 0.6 is 23.2 Å². The second kappa shape index (κ2) is 5.51. The van der Waals surface area contributed by atoms with E-state index >= 15 is 0 Å². The Hall–Kier alpha value is -1.07. The molecule has 1 aromatic heterocycles. The van der Waals surface area contributed by atoms with Crippen molar-refractivity contribution in [1.82, 2.24) is 14.9 Å². The van der Waals surface area contributed by atoms with Gasteiger partial charge in [0.15, 0.2) is 0 Å². The van der Waals surface area contributed by atoms with Gasteiger partial charge in [0, 0.05) is 18.1 Å². The number of halogens is 2. The highest BCUT2D eigenvalue weighted by molar-refractivity contribution is 6.34.